The number of ketones is 1. The van der Waals surface area contributed by atoms with Crippen LogP contribution < -0.4 is 0 Å². The molecule has 1 aliphatic rings. The number of hydrogen-bond acceptors (Lipinski definition) is 6. The molecular formula is C25H26FNO7. The molecule has 1 saturated heterocycles. The van der Waals surface area contributed by atoms with Crippen LogP contribution in [-0.4, -0.2) is 53.0 Å². The summed E-state index contributed by atoms with van der Waals surface area (Å²) in [5.41, 5.74) is 1.14. The molecule has 3 atom stereocenters. The number of carbonyl (C=O) groups is 4. The molecule has 0 aliphatic carbocycles. The molecule has 2 aromatic carbocycles. The van der Waals surface area contributed by atoms with Crippen LogP contribution in [0.3, 0.4) is 0 Å². The normalized spacial score (nSPS) is 19.5. The van der Waals surface area contributed by atoms with E-state index in [1.165, 1.54) is 19.1 Å². The molecule has 1 amide bonds. The lowest BCUT2D eigenvalue weighted by molar-refractivity contribution is -0.150. The number of carboxylic acids is 1. The van der Waals surface area contributed by atoms with Gasteiger partial charge in [0.15, 0.2) is 5.78 Å². The summed E-state index contributed by atoms with van der Waals surface area (Å²) in [5, 5.41) is 9.48. The van der Waals surface area contributed by atoms with Crippen molar-refractivity contribution in [2.24, 2.45) is 11.8 Å². The zero-order valence-electron chi connectivity index (χ0n) is 18.9. The molecule has 1 heterocycles. The predicted molar refractivity (Wildman–Crippen MR) is 118 cm³/mol. The Hall–Kier alpha value is -3.75. The van der Waals surface area contributed by atoms with Crippen LogP contribution in [0.1, 0.15) is 34.8 Å². The van der Waals surface area contributed by atoms with Crippen molar-refractivity contribution in [3.63, 3.8) is 0 Å². The topological polar surface area (TPSA) is 110 Å². The summed E-state index contributed by atoms with van der Waals surface area (Å²) in [6.45, 7) is 2.80. The highest BCUT2D eigenvalue weighted by Gasteiger charge is 2.52. The maximum absolute atomic E-state index is 13.7. The fourth-order valence-electron chi connectivity index (χ4n) is 4.18. The average molecular weight is 471 g/mol. The number of amides is 1. The van der Waals surface area contributed by atoms with Gasteiger partial charge in [-0.2, -0.15) is 0 Å². The minimum Gasteiger partial charge on any atom is -0.481 e. The number of aliphatic carboxylic acids is 1. The number of esters is 1. The van der Waals surface area contributed by atoms with Crippen molar-refractivity contribution in [3.05, 3.63) is 71.0 Å². The Bertz CT molecular complexity index is 1070. The minimum absolute atomic E-state index is 0.0117. The molecule has 0 saturated carbocycles. The summed E-state index contributed by atoms with van der Waals surface area (Å²) < 4.78 is 24.2. The van der Waals surface area contributed by atoms with Gasteiger partial charge in [0.1, 0.15) is 18.5 Å². The molecule has 8 nitrogen and oxygen atoms in total. The Balaban J connectivity index is 1.92. The summed E-state index contributed by atoms with van der Waals surface area (Å²) >= 11 is 0. The SMILES string of the molecule is CCOC(=O)[C@@H]1[C@@H](CC(=O)O)[C@@H](C(=O)c2ccc(F)c(C)c2)CN1C(=O)OCc1ccccc1. The molecule has 34 heavy (non-hydrogen) atoms. The number of benzene rings is 2. The van der Waals surface area contributed by atoms with Crippen molar-refractivity contribution in [2.45, 2.75) is 32.9 Å². The monoisotopic (exact) mass is 471 g/mol. The first-order valence-corrected chi connectivity index (χ1v) is 10.9. The maximum Gasteiger partial charge on any atom is 0.410 e. The molecule has 1 aliphatic heterocycles. The van der Waals surface area contributed by atoms with Crippen LogP contribution in [0.25, 0.3) is 0 Å². The number of hydrogen-bond donors (Lipinski definition) is 1. The summed E-state index contributed by atoms with van der Waals surface area (Å²) in [5.74, 6) is -5.07. The van der Waals surface area contributed by atoms with E-state index in [1.54, 1.807) is 31.2 Å². The quantitative estimate of drug-likeness (QED) is 0.463. The first-order valence-electron chi connectivity index (χ1n) is 10.9. The predicted octanol–water partition coefficient (Wildman–Crippen LogP) is 3.61. The number of carboxylic acid groups (broad SMARTS) is 1. The number of likely N-dealkylation sites (tertiary alicyclic amines) is 1. The van der Waals surface area contributed by atoms with Crippen LogP contribution in [0.2, 0.25) is 0 Å². The van der Waals surface area contributed by atoms with Gasteiger partial charge in [0, 0.05) is 23.9 Å². The largest absolute Gasteiger partial charge is 0.481 e. The molecule has 0 aromatic heterocycles. The number of Topliss-reactive ketones (excluding diaryl/α,β-unsaturated/α-hetero) is 1. The molecule has 3 rings (SSSR count). The fraction of sp³-hybridized carbons (Fsp3) is 0.360. The van der Waals surface area contributed by atoms with Crippen molar-refractivity contribution in [2.75, 3.05) is 13.2 Å². The molecule has 1 N–H and O–H groups in total. The van der Waals surface area contributed by atoms with E-state index in [0.717, 1.165) is 16.5 Å². The lowest BCUT2D eigenvalue weighted by Crippen LogP contribution is -2.45. The maximum atomic E-state index is 13.7. The van der Waals surface area contributed by atoms with Gasteiger partial charge in [0.2, 0.25) is 0 Å². The van der Waals surface area contributed by atoms with Gasteiger partial charge in [-0.25, -0.2) is 14.0 Å². The number of aryl methyl sites for hydroxylation is 1. The van der Waals surface area contributed by atoms with Gasteiger partial charge >= 0.3 is 18.0 Å². The first kappa shape index (κ1) is 24.9. The number of halogens is 1. The smallest absolute Gasteiger partial charge is 0.410 e. The molecule has 0 unspecified atom stereocenters. The molecule has 9 heteroatoms. The third-order valence-electron chi connectivity index (χ3n) is 5.81. The Labute approximate surface area is 196 Å². The summed E-state index contributed by atoms with van der Waals surface area (Å²) in [4.78, 5) is 51.8. The molecule has 1 fully saturated rings. The van der Waals surface area contributed by atoms with Crippen molar-refractivity contribution in [1.29, 1.82) is 0 Å². The lowest BCUT2D eigenvalue weighted by Gasteiger charge is -2.25. The van der Waals surface area contributed by atoms with Gasteiger partial charge in [-0.1, -0.05) is 30.3 Å². The Morgan fingerprint density at radius 2 is 1.79 bits per heavy atom. The standard InChI is InChI=1S/C25H26FNO7/c1-3-33-24(31)22-18(12-21(28)29)19(23(30)17-9-10-20(26)15(2)11-17)13-27(22)25(32)34-14-16-7-5-4-6-8-16/h4-11,18-19,22H,3,12-14H2,1-2H3,(H,28,29)/t18-,19-,22-/m0/s1. The fourth-order valence-corrected chi connectivity index (χ4v) is 4.18. The molecule has 0 spiro atoms. The Morgan fingerprint density at radius 1 is 1.09 bits per heavy atom. The second kappa shape index (κ2) is 10.9. The zero-order valence-corrected chi connectivity index (χ0v) is 18.9. The minimum atomic E-state index is -1.31. The van der Waals surface area contributed by atoms with E-state index in [-0.39, 0.29) is 30.9 Å². The van der Waals surface area contributed by atoms with E-state index in [0.29, 0.717) is 0 Å². The number of nitrogens with zero attached hydrogens (tertiary/aromatic N) is 1. The summed E-state index contributed by atoms with van der Waals surface area (Å²) in [6, 6.07) is 11.4. The van der Waals surface area contributed by atoms with Gasteiger partial charge in [-0.3, -0.25) is 14.5 Å². The zero-order chi connectivity index (χ0) is 24.8. The number of rotatable bonds is 8. The Kier molecular flexibility index (Phi) is 7.99. The van der Waals surface area contributed by atoms with Crippen LogP contribution in [-0.2, 0) is 25.7 Å². The van der Waals surface area contributed by atoms with Gasteiger partial charge in [0.25, 0.3) is 0 Å². The number of carbonyl (C=O) groups excluding carboxylic acids is 3. The third kappa shape index (κ3) is 5.59. The summed E-state index contributed by atoms with van der Waals surface area (Å²) in [7, 11) is 0. The van der Waals surface area contributed by atoms with Gasteiger partial charge in [-0.05, 0) is 43.2 Å². The van der Waals surface area contributed by atoms with Crippen molar-refractivity contribution in [1.82, 2.24) is 4.90 Å². The highest BCUT2D eigenvalue weighted by atomic mass is 19.1. The summed E-state index contributed by atoms with van der Waals surface area (Å²) in [6.07, 6.45) is -1.40. The van der Waals surface area contributed by atoms with E-state index >= 15 is 0 Å². The average Bonchev–Trinajstić information content (AvgIpc) is 3.18. The van der Waals surface area contributed by atoms with E-state index in [9.17, 15) is 28.7 Å². The first-order chi connectivity index (χ1) is 16.2. The van der Waals surface area contributed by atoms with Crippen LogP contribution in [0.4, 0.5) is 9.18 Å². The molecule has 0 bridgehead atoms. The van der Waals surface area contributed by atoms with Crippen molar-refractivity contribution < 1.29 is 38.1 Å². The van der Waals surface area contributed by atoms with Crippen LogP contribution >= 0.6 is 0 Å². The lowest BCUT2D eigenvalue weighted by atomic mass is 9.82. The van der Waals surface area contributed by atoms with Crippen molar-refractivity contribution in [3.8, 4) is 0 Å². The number of ether oxygens (including phenoxy) is 2. The van der Waals surface area contributed by atoms with E-state index < -0.39 is 53.9 Å². The highest BCUT2D eigenvalue weighted by molar-refractivity contribution is 6.00. The van der Waals surface area contributed by atoms with E-state index in [2.05, 4.69) is 0 Å². The van der Waals surface area contributed by atoms with Crippen LogP contribution in [0.15, 0.2) is 48.5 Å². The Morgan fingerprint density at radius 3 is 2.41 bits per heavy atom. The van der Waals surface area contributed by atoms with Crippen LogP contribution in [0, 0.1) is 24.6 Å². The molecule has 180 valence electrons. The second-order valence-corrected chi connectivity index (χ2v) is 8.09. The molecular weight excluding hydrogens is 445 g/mol. The van der Waals surface area contributed by atoms with E-state index in [4.69, 9.17) is 9.47 Å². The van der Waals surface area contributed by atoms with Crippen molar-refractivity contribution >= 4 is 23.8 Å². The van der Waals surface area contributed by atoms with Gasteiger partial charge < -0.3 is 14.6 Å². The van der Waals surface area contributed by atoms with E-state index in [1.807, 2.05) is 6.07 Å². The highest BCUT2D eigenvalue weighted by Crippen LogP contribution is 2.36. The van der Waals surface area contributed by atoms with Crippen LogP contribution in [0.5, 0.6) is 0 Å². The molecule has 2 aromatic rings. The molecule has 0 radical (unpaired) electrons. The second-order valence-electron chi connectivity index (χ2n) is 8.09. The van der Waals surface area contributed by atoms with Gasteiger partial charge in [0.05, 0.1) is 13.0 Å². The third-order valence-corrected chi connectivity index (χ3v) is 5.81. The van der Waals surface area contributed by atoms with Gasteiger partial charge in [-0.15, -0.1) is 0 Å².